The van der Waals surface area contributed by atoms with Crippen LogP contribution >= 0.6 is 24.0 Å². The predicted octanol–water partition coefficient (Wildman–Crippen LogP) is 6.35. The highest BCUT2D eigenvalue weighted by atomic mass is 32.2. The number of thiocarbonyl (C=S) groups is 1. The Morgan fingerprint density at radius 3 is 2.48 bits per heavy atom. The van der Waals surface area contributed by atoms with Crippen LogP contribution in [0.3, 0.4) is 0 Å². The van der Waals surface area contributed by atoms with E-state index in [-0.39, 0.29) is 24.1 Å². The van der Waals surface area contributed by atoms with Crippen molar-refractivity contribution in [3.05, 3.63) is 94.4 Å². The van der Waals surface area contributed by atoms with E-state index in [0.29, 0.717) is 38.6 Å². The summed E-state index contributed by atoms with van der Waals surface area (Å²) in [6.07, 6.45) is 1.71. The van der Waals surface area contributed by atoms with Crippen LogP contribution < -0.4 is 14.4 Å². The van der Waals surface area contributed by atoms with Gasteiger partial charge in [0, 0.05) is 5.56 Å². The lowest BCUT2D eigenvalue weighted by atomic mass is 10.1. The molecular weight excluding hydrogens is 464 g/mol. The smallest absolute Gasteiger partial charge is 0.270 e. The zero-order valence-electron chi connectivity index (χ0n) is 17.6. The lowest BCUT2D eigenvalue weighted by Crippen LogP contribution is -2.27. The Kier molecular flexibility index (Phi) is 7.05. The standard InChI is InChI=1S/C25H19F2NO3S2/c1-2-30-22-13-16(7-12-21(22)31-15-17-5-3-4-6-20(17)27)14-23-24(29)28(25(32)33-23)19-10-8-18(26)9-11-19/h3-14H,2,15H2,1H3. The van der Waals surface area contributed by atoms with Gasteiger partial charge in [0.2, 0.25) is 0 Å². The number of halogens is 2. The third-order valence-corrected chi connectivity index (χ3v) is 6.09. The van der Waals surface area contributed by atoms with Crippen molar-refractivity contribution in [1.29, 1.82) is 0 Å². The van der Waals surface area contributed by atoms with Crippen LogP contribution in [0.15, 0.2) is 71.6 Å². The van der Waals surface area contributed by atoms with Gasteiger partial charge >= 0.3 is 0 Å². The van der Waals surface area contributed by atoms with E-state index in [1.54, 1.807) is 42.5 Å². The summed E-state index contributed by atoms with van der Waals surface area (Å²) in [7, 11) is 0. The van der Waals surface area contributed by atoms with Crippen LogP contribution in [0.25, 0.3) is 6.08 Å². The molecule has 0 N–H and O–H groups in total. The van der Waals surface area contributed by atoms with Crippen LogP contribution in [0.1, 0.15) is 18.1 Å². The number of carbonyl (C=O) groups is 1. The van der Waals surface area contributed by atoms with Crippen LogP contribution in [0, 0.1) is 11.6 Å². The minimum absolute atomic E-state index is 0.0580. The molecule has 8 heteroatoms. The highest BCUT2D eigenvalue weighted by Crippen LogP contribution is 2.37. The largest absolute Gasteiger partial charge is 0.490 e. The summed E-state index contributed by atoms with van der Waals surface area (Å²) in [5.74, 6) is -0.0575. The number of benzene rings is 3. The molecule has 1 aliphatic rings. The van der Waals surface area contributed by atoms with Gasteiger partial charge in [-0.3, -0.25) is 9.69 Å². The van der Waals surface area contributed by atoms with Crippen molar-refractivity contribution in [2.24, 2.45) is 0 Å². The molecule has 1 amide bonds. The van der Waals surface area contributed by atoms with Crippen LogP contribution in [0.2, 0.25) is 0 Å². The van der Waals surface area contributed by atoms with E-state index in [0.717, 1.165) is 5.56 Å². The summed E-state index contributed by atoms with van der Waals surface area (Å²) in [6, 6.07) is 17.3. The second-order valence-corrected chi connectivity index (χ2v) is 8.69. The SMILES string of the molecule is CCOc1cc(C=C2SC(=S)N(c3ccc(F)cc3)C2=O)ccc1OCc1ccccc1F. The molecule has 168 valence electrons. The van der Waals surface area contributed by atoms with Gasteiger partial charge in [-0.15, -0.1) is 0 Å². The second-order valence-electron chi connectivity index (χ2n) is 7.01. The Morgan fingerprint density at radius 1 is 1.00 bits per heavy atom. The first-order chi connectivity index (χ1) is 16.0. The molecule has 1 fully saturated rings. The first-order valence-electron chi connectivity index (χ1n) is 10.1. The van der Waals surface area contributed by atoms with Crippen molar-refractivity contribution in [3.8, 4) is 11.5 Å². The summed E-state index contributed by atoms with van der Waals surface area (Å²) in [4.78, 5) is 14.8. The summed E-state index contributed by atoms with van der Waals surface area (Å²) in [6.45, 7) is 2.32. The highest BCUT2D eigenvalue weighted by Gasteiger charge is 2.33. The Morgan fingerprint density at radius 2 is 1.76 bits per heavy atom. The molecule has 0 radical (unpaired) electrons. The lowest BCUT2D eigenvalue weighted by Gasteiger charge is -2.14. The first-order valence-corrected chi connectivity index (χ1v) is 11.4. The molecule has 1 aliphatic heterocycles. The third-order valence-electron chi connectivity index (χ3n) is 4.78. The zero-order chi connectivity index (χ0) is 23.4. The van der Waals surface area contributed by atoms with Gasteiger partial charge in [0.25, 0.3) is 5.91 Å². The molecule has 0 aliphatic carbocycles. The average molecular weight is 484 g/mol. The maximum absolute atomic E-state index is 13.9. The number of thioether (sulfide) groups is 1. The topological polar surface area (TPSA) is 38.8 Å². The number of rotatable bonds is 7. The summed E-state index contributed by atoms with van der Waals surface area (Å²) in [5, 5.41) is 0. The van der Waals surface area contributed by atoms with Crippen molar-refractivity contribution in [2.45, 2.75) is 13.5 Å². The van der Waals surface area contributed by atoms with Gasteiger partial charge in [-0.2, -0.15) is 0 Å². The molecule has 0 spiro atoms. The number of ether oxygens (including phenoxy) is 2. The molecule has 4 rings (SSSR count). The van der Waals surface area contributed by atoms with Crippen molar-refractivity contribution in [3.63, 3.8) is 0 Å². The van der Waals surface area contributed by atoms with Gasteiger partial charge in [-0.1, -0.05) is 48.2 Å². The van der Waals surface area contributed by atoms with Crippen molar-refractivity contribution in [1.82, 2.24) is 0 Å². The fourth-order valence-electron chi connectivity index (χ4n) is 3.20. The maximum atomic E-state index is 13.9. The van der Waals surface area contributed by atoms with Gasteiger partial charge in [-0.05, 0) is 61.0 Å². The van der Waals surface area contributed by atoms with Crippen molar-refractivity contribution >= 4 is 46.0 Å². The average Bonchev–Trinajstić information content (AvgIpc) is 3.08. The van der Waals surface area contributed by atoms with Crippen LogP contribution in [0.4, 0.5) is 14.5 Å². The monoisotopic (exact) mass is 483 g/mol. The number of hydrogen-bond donors (Lipinski definition) is 0. The number of carbonyl (C=O) groups excluding carboxylic acids is 1. The molecule has 0 atom stereocenters. The van der Waals surface area contributed by atoms with Crippen LogP contribution in [-0.2, 0) is 11.4 Å². The predicted molar refractivity (Wildman–Crippen MR) is 130 cm³/mol. The fraction of sp³-hybridized carbons (Fsp3) is 0.120. The summed E-state index contributed by atoms with van der Waals surface area (Å²) < 4.78 is 39.0. The normalized spacial score (nSPS) is 14.8. The van der Waals surface area contributed by atoms with E-state index >= 15 is 0 Å². The van der Waals surface area contributed by atoms with E-state index in [1.807, 2.05) is 6.92 Å². The summed E-state index contributed by atoms with van der Waals surface area (Å²) in [5.41, 5.74) is 1.67. The molecule has 4 nitrogen and oxygen atoms in total. The van der Waals surface area contributed by atoms with Gasteiger partial charge in [0.05, 0.1) is 17.2 Å². The Balaban J connectivity index is 1.55. The Bertz CT molecular complexity index is 1230. The van der Waals surface area contributed by atoms with Gasteiger partial charge in [-0.25, -0.2) is 8.78 Å². The highest BCUT2D eigenvalue weighted by molar-refractivity contribution is 8.27. The van der Waals surface area contributed by atoms with Crippen LogP contribution in [0.5, 0.6) is 11.5 Å². The van der Waals surface area contributed by atoms with E-state index in [4.69, 9.17) is 21.7 Å². The van der Waals surface area contributed by atoms with Gasteiger partial charge in [0.15, 0.2) is 15.8 Å². The fourth-order valence-corrected chi connectivity index (χ4v) is 4.50. The van der Waals surface area contributed by atoms with Crippen LogP contribution in [-0.4, -0.2) is 16.8 Å². The molecule has 0 unspecified atom stereocenters. The Labute approximate surface area is 199 Å². The number of nitrogens with zero attached hydrogens (tertiary/aromatic N) is 1. The molecule has 1 saturated heterocycles. The Hall–Kier alpha value is -3.23. The number of hydrogen-bond acceptors (Lipinski definition) is 5. The number of anilines is 1. The van der Waals surface area contributed by atoms with Gasteiger partial charge in [0.1, 0.15) is 18.2 Å². The number of amides is 1. The maximum Gasteiger partial charge on any atom is 0.270 e. The van der Waals surface area contributed by atoms with E-state index in [9.17, 15) is 13.6 Å². The minimum atomic E-state index is -0.388. The molecule has 0 aromatic heterocycles. The molecule has 0 saturated carbocycles. The minimum Gasteiger partial charge on any atom is -0.490 e. The lowest BCUT2D eigenvalue weighted by molar-refractivity contribution is -0.113. The van der Waals surface area contributed by atoms with E-state index in [2.05, 4.69) is 0 Å². The van der Waals surface area contributed by atoms with Crippen molar-refractivity contribution < 1.29 is 23.0 Å². The quantitative estimate of drug-likeness (QED) is 0.289. The van der Waals surface area contributed by atoms with Gasteiger partial charge < -0.3 is 9.47 Å². The van der Waals surface area contributed by atoms with Crippen molar-refractivity contribution in [2.75, 3.05) is 11.5 Å². The summed E-state index contributed by atoms with van der Waals surface area (Å²) >= 11 is 6.53. The second kappa shape index (κ2) is 10.1. The first kappa shape index (κ1) is 22.9. The zero-order valence-corrected chi connectivity index (χ0v) is 19.2. The third kappa shape index (κ3) is 5.23. The molecular formula is C25H19F2NO3S2. The molecule has 33 heavy (non-hydrogen) atoms. The molecule has 3 aromatic rings. The molecule has 3 aromatic carbocycles. The van der Waals surface area contributed by atoms with E-state index < -0.39 is 0 Å². The molecule has 0 bridgehead atoms. The molecule has 1 heterocycles. The van der Waals surface area contributed by atoms with E-state index in [1.165, 1.54) is 47.0 Å².